The van der Waals surface area contributed by atoms with Gasteiger partial charge in [-0.05, 0) is 31.7 Å². The molecule has 0 aliphatic carbocycles. The molecule has 0 radical (unpaired) electrons. The number of ether oxygens (including phenoxy) is 1. The van der Waals surface area contributed by atoms with Crippen molar-refractivity contribution in [1.29, 1.82) is 0 Å². The molecule has 0 aliphatic heterocycles. The number of hydrogen-bond acceptors (Lipinski definition) is 3. The molecule has 0 spiro atoms. The molecule has 0 aliphatic rings. The van der Waals surface area contributed by atoms with Crippen molar-refractivity contribution >= 4 is 23.2 Å². The summed E-state index contributed by atoms with van der Waals surface area (Å²) in [5.74, 6) is 0.979. The predicted octanol–water partition coefficient (Wildman–Crippen LogP) is 4.46. The molecular formula is C14H14Cl2N2O. The van der Waals surface area contributed by atoms with E-state index in [1.165, 1.54) is 0 Å². The minimum absolute atomic E-state index is 0.247. The van der Waals surface area contributed by atoms with Crippen LogP contribution in [0.4, 0.5) is 0 Å². The Balaban J connectivity index is 2.18. The van der Waals surface area contributed by atoms with Gasteiger partial charge in [0.25, 0.3) is 0 Å². The lowest BCUT2D eigenvalue weighted by atomic mass is 10.1. The molecule has 1 aromatic carbocycles. The van der Waals surface area contributed by atoms with Crippen molar-refractivity contribution < 1.29 is 4.74 Å². The Bertz CT molecular complexity index is 558. The minimum Gasteiger partial charge on any atom is -0.437 e. The third-order valence-corrected chi connectivity index (χ3v) is 3.62. The van der Waals surface area contributed by atoms with Gasteiger partial charge in [-0.25, -0.2) is 4.98 Å². The van der Waals surface area contributed by atoms with Crippen molar-refractivity contribution in [3.63, 3.8) is 0 Å². The van der Waals surface area contributed by atoms with Gasteiger partial charge in [-0.1, -0.05) is 35.3 Å². The van der Waals surface area contributed by atoms with Crippen LogP contribution in [0.5, 0.6) is 11.6 Å². The zero-order valence-corrected chi connectivity index (χ0v) is 12.2. The van der Waals surface area contributed by atoms with Crippen LogP contribution >= 0.6 is 23.2 Å². The van der Waals surface area contributed by atoms with Crippen molar-refractivity contribution in [3.05, 3.63) is 52.1 Å². The maximum Gasteiger partial charge on any atom is 0.219 e. The Morgan fingerprint density at radius 3 is 2.63 bits per heavy atom. The van der Waals surface area contributed by atoms with Crippen molar-refractivity contribution in [2.45, 2.75) is 13.0 Å². The van der Waals surface area contributed by atoms with Gasteiger partial charge < -0.3 is 10.1 Å². The molecule has 0 amide bonds. The minimum atomic E-state index is 0.247. The maximum atomic E-state index is 6.05. The van der Waals surface area contributed by atoms with Gasteiger partial charge in [0.2, 0.25) is 5.88 Å². The van der Waals surface area contributed by atoms with Gasteiger partial charge in [0.1, 0.15) is 10.8 Å². The van der Waals surface area contributed by atoms with E-state index >= 15 is 0 Å². The van der Waals surface area contributed by atoms with E-state index < -0.39 is 0 Å². The highest BCUT2D eigenvalue weighted by molar-refractivity contribution is 6.42. The largest absolute Gasteiger partial charge is 0.437 e. The van der Waals surface area contributed by atoms with Gasteiger partial charge >= 0.3 is 0 Å². The molecule has 0 bridgehead atoms. The van der Waals surface area contributed by atoms with Gasteiger partial charge in [-0.3, -0.25) is 0 Å². The zero-order valence-electron chi connectivity index (χ0n) is 10.7. The van der Waals surface area contributed by atoms with Crippen LogP contribution in [0.1, 0.15) is 18.5 Å². The highest BCUT2D eigenvalue weighted by atomic mass is 35.5. The number of benzene rings is 1. The van der Waals surface area contributed by atoms with Gasteiger partial charge in [-0.2, -0.15) is 0 Å². The molecule has 1 N–H and O–H groups in total. The molecule has 5 heteroatoms. The van der Waals surface area contributed by atoms with Crippen LogP contribution in [-0.2, 0) is 0 Å². The van der Waals surface area contributed by atoms with E-state index in [-0.39, 0.29) is 6.04 Å². The Morgan fingerprint density at radius 1 is 1.21 bits per heavy atom. The highest BCUT2D eigenvalue weighted by Crippen LogP contribution is 2.34. The summed E-state index contributed by atoms with van der Waals surface area (Å²) >= 11 is 12.0. The Labute approximate surface area is 122 Å². The average Bonchev–Trinajstić information content (AvgIpc) is 2.44. The topological polar surface area (TPSA) is 34.1 Å². The summed E-state index contributed by atoms with van der Waals surface area (Å²) < 4.78 is 5.61. The molecule has 0 fully saturated rings. The van der Waals surface area contributed by atoms with E-state index in [1.807, 2.05) is 13.1 Å². The second-order valence-corrected chi connectivity index (χ2v) is 4.88. The third kappa shape index (κ3) is 3.38. The molecular weight excluding hydrogens is 283 g/mol. The molecule has 1 aromatic heterocycles. The molecule has 19 heavy (non-hydrogen) atoms. The first kappa shape index (κ1) is 14.1. The second kappa shape index (κ2) is 6.24. The fourth-order valence-corrected chi connectivity index (χ4v) is 1.88. The van der Waals surface area contributed by atoms with E-state index in [9.17, 15) is 0 Å². The van der Waals surface area contributed by atoms with Crippen LogP contribution in [0.3, 0.4) is 0 Å². The van der Waals surface area contributed by atoms with Crippen LogP contribution in [0.25, 0.3) is 0 Å². The first-order valence-corrected chi connectivity index (χ1v) is 6.62. The van der Waals surface area contributed by atoms with Crippen LogP contribution in [0.2, 0.25) is 10.0 Å². The van der Waals surface area contributed by atoms with Crippen molar-refractivity contribution in [2.75, 3.05) is 7.05 Å². The number of aromatic nitrogens is 1. The fourth-order valence-electron chi connectivity index (χ4n) is 1.55. The summed E-state index contributed by atoms with van der Waals surface area (Å²) in [6.07, 6.45) is 1.77. The molecule has 2 rings (SSSR count). The fraction of sp³-hybridized carbons (Fsp3) is 0.214. The van der Waals surface area contributed by atoms with Crippen LogP contribution in [0, 0.1) is 0 Å². The van der Waals surface area contributed by atoms with Gasteiger partial charge in [-0.15, -0.1) is 0 Å². The summed E-state index contributed by atoms with van der Waals surface area (Å²) in [4.78, 5) is 4.25. The SMILES string of the molecule is CNC(C)c1ccc(Oc2cccc(Cl)c2Cl)nc1. The molecule has 0 saturated carbocycles. The lowest BCUT2D eigenvalue weighted by Crippen LogP contribution is -2.12. The van der Waals surface area contributed by atoms with Crippen LogP contribution in [-0.4, -0.2) is 12.0 Å². The summed E-state index contributed by atoms with van der Waals surface area (Å²) in [6.45, 7) is 2.06. The number of halogens is 2. The van der Waals surface area contributed by atoms with Crippen molar-refractivity contribution in [1.82, 2.24) is 10.3 Å². The van der Waals surface area contributed by atoms with Gasteiger partial charge in [0, 0.05) is 18.3 Å². The quantitative estimate of drug-likeness (QED) is 0.904. The maximum absolute atomic E-state index is 6.05. The van der Waals surface area contributed by atoms with Crippen LogP contribution in [0.15, 0.2) is 36.5 Å². The summed E-state index contributed by atoms with van der Waals surface area (Å²) in [7, 11) is 1.90. The number of nitrogens with zero attached hydrogens (tertiary/aromatic N) is 1. The third-order valence-electron chi connectivity index (χ3n) is 2.82. The molecule has 1 unspecified atom stereocenters. The summed E-state index contributed by atoms with van der Waals surface area (Å²) in [5, 5.41) is 3.99. The molecule has 2 aromatic rings. The number of hydrogen-bond donors (Lipinski definition) is 1. The Hall–Kier alpha value is -1.29. The molecule has 1 heterocycles. The van der Waals surface area contributed by atoms with E-state index in [0.29, 0.717) is 21.7 Å². The standard InChI is InChI=1S/C14H14Cl2N2O/c1-9(17-2)10-6-7-13(18-8-10)19-12-5-3-4-11(15)14(12)16/h3-9,17H,1-2H3. The molecule has 0 saturated heterocycles. The summed E-state index contributed by atoms with van der Waals surface area (Å²) in [5.41, 5.74) is 1.09. The zero-order chi connectivity index (χ0) is 13.8. The van der Waals surface area contributed by atoms with E-state index in [2.05, 4.69) is 17.2 Å². The smallest absolute Gasteiger partial charge is 0.219 e. The first-order chi connectivity index (χ1) is 9.11. The van der Waals surface area contributed by atoms with Crippen molar-refractivity contribution in [3.8, 4) is 11.6 Å². The predicted molar refractivity (Wildman–Crippen MR) is 78.2 cm³/mol. The number of pyridine rings is 1. The van der Waals surface area contributed by atoms with Crippen molar-refractivity contribution in [2.24, 2.45) is 0 Å². The molecule has 1 atom stereocenters. The number of nitrogens with one attached hydrogen (secondary N) is 1. The van der Waals surface area contributed by atoms with E-state index in [4.69, 9.17) is 27.9 Å². The molecule has 100 valence electrons. The highest BCUT2D eigenvalue weighted by Gasteiger charge is 2.08. The molecule has 3 nitrogen and oxygen atoms in total. The first-order valence-electron chi connectivity index (χ1n) is 5.87. The Kier molecular flexibility index (Phi) is 4.64. The normalized spacial score (nSPS) is 12.2. The van der Waals surface area contributed by atoms with Crippen LogP contribution < -0.4 is 10.1 Å². The summed E-state index contributed by atoms with van der Waals surface area (Å²) in [6, 6.07) is 9.25. The second-order valence-electron chi connectivity index (χ2n) is 4.09. The monoisotopic (exact) mass is 296 g/mol. The van der Waals surface area contributed by atoms with Gasteiger partial charge in [0.05, 0.1) is 5.02 Å². The number of rotatable bonds is 4. The van der Waals surface area contributed by atoms with Gasteiger partial charge in [0.15, 0.2) is 0 Å². The van der Waals surface area contributed by atoms with E-state index in [0.717, 1.165) is 5.56 Å². The van der Waals surface area contributed by atoms with E-state index in [1.54, 1.807) is 30.5 Å². The lowest BCUT2D eigenvalue weighted by molar-refractivity contribution is 0.462. The lowest BCUT2D eigenvalue weighted by Gasteiger charge is -2.11. The Morgan fingerprint density at radius 2 is 2.00 bits per heavy atom. The average molecular weight is 297 g/mol.